The molecular weight excluding hydrogens is 230 g/mol. The fraction of sp³-hybridized carbons (Fsp3) is 0.385. The molecule has 1 aliphatic carbocycles. The van der Waals surface area contributed by atoms with Crippen LogP contribution in [0.3, 0.4) is 0 Å². The van der Waals surface area contributed by atoms with Gasteiger partial charge in [0.15, 0.2) is 5.84 Å². The van der Waals surface area contributed by atoms with Crippen LogP contribution in [0.25, 0.3) is 0 Å². The lowest BCUT2D eigenvalue weighted by Gasteiger charge is -2.20. The normalized spacial score (nSPS) is 15.5. The number of nitrogens with zero attached hydrogens (tertiary/aromatic N) is 2. The molecule has 0 bridgehead atoms. The van der Waals surface area contributed by atoms with E-state index in [4.69, 9.17) is 10.9 Å². The van der Waals surface area contributed by atoms with Gasteiger partial charge in [0.05, 0.1) is 0 Å². The van der Waals surface area contributed by atoms with Gasteiger partial charge in [0.25, 0.3) is 5.91 Å². The van der Waals surface area contributed by atoms with E-state index < -0.39 is 0 Å². The highest BCUT2D eigenvalue weighted by Gasteiger charge is 2.31. The zero-order valence-electron chi connectivity index (χ0n) is 10.3. The standard InChI is InChI=1S/C13H17N3O2/c1-2-16(11-6-7-11)13(17)10-5-3-4-9(8-10)12(14)15-18/h3-5,8,11,18H,2,6-7H2,1H3,(H2,14,15). The van der Waals surface area contributed by atoms with Crippen LogP contribution in [0.1, 0.15) is 35.7 Å². The van der Waals surface area contributed by atoms with Crippen molar-refractivity contribution in [2.24, 2.45) is 10.9 Å². The molecule has 18 heavy (non-hydrogen) atoms. The van der Waals surface area contributed by atoms with Crippen LogP contribution >= 0.6 is 0 Å². The van der Waals surface area contributed by atoms with Crippen LogP contribution in [-0.2, 0) is 0 Å². The average Bonchev–Trinajstić information content (AvgIpc) is 3.23. The van der Waals surface area contributed by atoms with Crippen LogP contribution in [0, 0.1) is 0 Å². The highest BCUT2D eigenvalue weighted by molar-refractivity contribution is 6.01. The maximum Gasteiger partial charge on any atom is 0.254 e. The molecule has 1 aromatic rings. The van der Waals surface area contributed by atoms with Crippen molar-refractivity contribution in [1.82, 2.24) is 4.90 Å². The predicted octanol–water partition coefficient (Wildman–Crippen LogP) is 1.41. The second kappa shape index (κ2) is 5.08. The maximum absolute atomic E-state index is 12.3. The Morgan fingerprint density at radius 3 is 2.72 bits per heavy atom. The first-order valence-electron chi connectivity index (χ1n) is 6.06. The quantitative estimate of drug-likeness (QED) is 0.365. The minimum atomic E-state index is 0.00703. The van der Waals surface area contributed by atoms with Crippen molar-refractivity contribution in [2.45, 2.75) is 25.8 Å². The van der Waals surface area contributed by atoms with E-state index in [9.17, 15) is 4.79 Å². The Balaban J connectivity index is 2.24. The molecule has 96 valence electrons. The fourth-order valence-corrected chi connectivity index (χ4v) is 1.99. The van der Waals surface area contributed by atoms with Crippen molar-refractivity contribution in [3.63, 3.8) is 0 Å². The van der Waals surface area contributed by atoms with Crippen molar-refractivity contribution >= 4 is 11.7 Å². The number of rotatable bonds is 4. The van der Waals surface area contributed by atoms with E-state index in [0.717, 1.165) is 12.8 Å². The molecule has 1 aromatic carbocycles. The number of amides is 1. The van der Waals surface area contributed by atoms with Crippen molar-refractivity contribution in [3.05, 3.63) is 35.4 Å². The summed E-state index contributed by atoms with van der Waals surface area (Å²) >= 11 is 0. The lowest BCUT2D eigenvalue weighted by molar-refractivity contribution is 0.0752. The van der Waals surface area contributed by atoms with Crippen LogP contribution in [0.15, 0.2) is 29.4 Å². The minimum absolute atomic E-state index is 0.00703. The van der Waals surface area contributed by atoms with E-state index in [2.05, 4.69) is 5.16 Å². The molecule has 0 atom stereocenters. The molecule has 3 N–H and O–H groups in total. The van der Waals surface area contributed by atoms with E-state index in [-0.39, 0.29) is 11.7 Å². The predicted molar refractivity (Wildman–Crippen MR) is 68.7 cm³/mol. The summed E-state index contributed by atoms with van der Waals surface area (Å²) in [7, 11) is 0. The Hall–Kier alpha value is -2.04. The number of hydrogen-bond donors (Lipinski definition) is 2. The third kappa shape index (κ3) is 2.45. The van der Waals surface area contributed by atoms with E-state index in [0.29, 0.717) is 23.7 Å². The first-order chi connectivity index (χ1) is 8.67. The highest BCUT2D eigenvalue weighted by atomic mass is 16.4. The number of nitrogens with two attached hydrogens (primary N) is 1. The summed E-state index contributed by atoms with van der Waals surface area (Å²) in [5, 5.41) is 11.6. The molecule has 1 amide bonds. The van der Waals surface area contributed by atoms with Crippen LogP contribution in [-0.4, -0.2) is 34.4 Å². The van der Waals surface area contributed by atoms with Crippen LogP contribution in [0.4, 0.5) is 0 Å². The maximum atomic E-state index is 12.3. The topological polar surface area (TPSA) is 78.9 Å². The second-order valence-corrected chi connectivity index (χ2v) is 4.39. The monoisotopic (exact) mass is 247 g/mol. The summed E-state index contributed by atoms with van der Waals surface area (Å²) in [6, 6.07) is 7.24. The van der Waals surface area contributed by atoms with Gasteiger partial charge in [-0.2, -0.15) is 0 Å². The van der Waals surface area contributed by atoms with Crippen molar-refractivity contribution < 1.29 is 10.0 Å². The fourth-order valence-electron chi connectivity index (χ4n) is 1.99. The van der Waals surface area contributed by atoms with E-state index in [1.165, 1.54) is 0 Å². The summed E-state index contributed by atoms with van der Waals surface area (Å²) in [4.78, 5) is 14.2. The van der Waals surface area contributed by atoms with Crippen molar-refractivity contribution in [2.75, 3.05) is 6.54 Å². The van der Waals surface area contributed by atoms with E-state index >= 15 is 0 Å². The SMILES string of the molecule is CCN(C(=O)c1cccc(/C(N)=N/O)c1)C1CC1. The van der Waals surface area contributed by atoms with Gasteiger partial charge >= 0.3 is 0 Å². The summed E-state index contributed by atoms with van der Waals surface area (Å²) in [5.74, 6) is 0.0201. The largest absolute Gasteiger partial charge is 0.409 e. The summed E-state index contributed by atoms with van der Waals surface area (Å²) in [5.41, 5.74) is 6.65. The molecule has 0 saturated heterocycles. The highest BCUT2D eigenvalue weighted by Crippen LogP contribution is 2.28. The van der Waals surface area contributed by atoms with Crippen molar-refractivity contribution in [1.29, 1.82) is 0 Å². The Bertz CT molecular complexity index is 481. The van der Waals surface area contributed by atoms with E-state index in [1.54, 1.807) is 24.3 Å². The zero-order chi connectivity index (χ0) is 13.1. The molecule has 0 spiro atoms. The molecule has 5 nitrogen and oxygen atoms in total. The Morgan fingerprint density at radius 1 is 1.50 bits per heavy atom. The third-order valence-corrected chi connectivity index (χ3v) is 3.10. The number of oxime groups is 1. The summed E-state index contributed by atoms with van der Waals surface area (Å²) in [6.07, 6.45) is 2.17. The van der Waals surface area contributed by atoms with Gasteiger partial charge in [-0.05, 0) is 31.9 Å². The van der Waals surface area contributed by atoms with Crippen molar-refractivity contribution in [3.8, 4) is 0 Å². The lowest BCUT2D eigenvalue weighted by Crippen LogP contribution is -2.33. The number of hydrogen-bond acceptors (Lipinski definition) is 3. The van der Waals surface area contributed by atoms with Crippen LogP contribution in [0.2, 0.25) is 0 Å². The molecule has 0 heterocycles. The molecule has 2 rings (SSSR count). The molecule has 0 aliphatic heterocycles. The Kier molecular flexibility index (Phi) is 3.50. The third-order valence-electron chi connectivity index (χ3n) is 3.10. The Labute approximate surface area is 106 Å². The Morgan fingerprint density at radius 2 is 2.17 bits per heavy atom. The van der Waals surface area contributed by atoms with Gasteiger partial charge in [0.1, 0.15) is 0 Å². The number of amidine groups is 1. The van der Waals surface area contributed by atoms with Gasteiger partial charge in [-0.1, -0.05) is 17.3 Å². The van der Waals surface area contributed by atoms with Gasteiger partial charge < -0.3 is 15.8 Å². The lowest BCUT2D eigenvalue weighted by atomic mass is 10.1. The van der Waals surface area contributed by atoms with Gasteiger partial charge in [-0.15, -0.1) is 0 Å². The molecule has 1 aliphatic rings. The molecular formula is C13H17N3O2. The minimum Gasteiger partial charge on any atom is -0.409 e. The van der Waals surface area contributed by atoms with Gasteiger partial charge in [-0.25, -0.2) is 0 Å². The first kappa shape index (κ1) is 12.4. The van der Waals surface area contributed by atoms with Gasteiger partial charge in [-0.3, -0.25) is 4.79 Å². The molecule has 1 saturated carbocycles. The number of benzene rings is 1. The molecule has 0 aromatic heterocycles. The van der Waals surface area contributed by atoms with Gasteiger partial charge in [0, 0.05) is 23.7 Å². The van der Waals surface area contributed by atoms with Gasteiger partial charge in [0.2, 0.25) is 0 Å². The summed E-state index contributed by atoms with van der Waals surface area (Å²) < 4.78 is 0. The zero-order valence-corrected chi connectivity index (χ0v) is 10.3. The van der Waals surface area contributed by atoms with E-state index in [1.807, 2.05) is 11.8 Å². The second-order valence-electron chi connectivity index (χ2n) is 4.39. The van der Waals surface area contributed by atoms with Crippen LogP contribution < -0.4 is 5.73 Å². The summed E-state index contributed by atoms with van der Waals surface area (Å²) in [6.45, 7) is 2.68. The average molecular weight is 247 g/mol. The number of carbonyl (C=O) groups is 1. The molecule has 0 radical (unpaired) electrons. The first-order valence-corrected chi connectivity index (χ1v) is 6.06. The van der Waals surface area contributed by atoms with Crippen LogP contribution in [0.5, 0.6) is 0 Å². The number of carbonyl (C=O) groups excluding carboxylic acids is 1. The smallest absolute Gasteiger partial charge is 0.254 e. The molecule has 5 heteroatoms. The molecule has 1 fully saturated rings. The molecule has 0 unspecified atom stereocenters.